The van der Waals surface area contributed by atoms with Crippen LogP contribution in [0.25, 0.3) is 11.3 Å². The topological polar surface area (TPSA) is 63.8 Å². The van der Waals surface area contributed by atoms with Crippen LogP contribution >= 0.6 is 22.9 Å². The molecule has 0 aliphatic heterocycles. The molecule has 6 heteroatoms. The highest BCUT2D eigenvalue weighted by Gasteiger charge is 2.38. The molecule has 0 aromatic carbocycles. The maximum absolute atomic E-state index is 6.02. The summed E-state index contributed by atoms with van der Waals surface area (Å²) in [5.41, 5.74) is 8.01. The van der Waals surface area contributed by atoms with Gasteiger partial charge in [0.1, 0.15) is 10.8 Å². The Bertz CT molecular complexity index is 596. The molecule has 1 saturated carbocycles. The van der Waals surface area contributed by atoms with Gasteiger partial charge in [0, 0.05) is 10.9 Å². The van der Waals surface area contributed by atoms with Gasteiger partial charge < -0.3 is 11.1 Å². The number of thiazole rings is 1. The highest BCUT2D eigenvalue weighted by molar-refractivity contribution is 7.11. The third-order valence-corrected chi connectivity index (χ3v) is 5.18. The molecule has 1 aliphatic rings. The molecule has 0 atom stereocenters. The molecule has 102 valence electrons. The van der Waals surface area contributed by atoms with Crippen molar-refractivity contribution in [1.82, 2.24) is 9.36 Å². The van der Waals surface area contributed by atoms with Crippen molar-refractivity contribution in [2.45, 2.75) is 39.2 Å². The second kappa shape index (κ2) is 4.45. The summed E-state index contributed by atoms with van der Waals surface area (Å²) >= 11 is 3.07. The Morgan fingerprint density at radius 3 is 2.74 bits per heavy atom. The summed E-state index contributed by atoms with van der Waals surface area (Å²) in [6.07, 6.45) is 2.61. The lowest BCUT2D eigenvalue weighted by atomic mass is 9.99. The lowest BCUT2D eigenvalue weighted by Crippen LogP contribution is -2.33. The van der Waals surface area contributed by atoms with Crippen LogP contribution in [-0.4, -0.2) is 14.9 Å². The summed E-state index contributed by atoms with van der Waals surface area (Å²) in [7, 11) is 0. The van der Waals surface area contributed by atoms with E-state index in [2.05, 4.69) is 28.5 Å². The molecule has 1 fully saturated rings. The minimum atomic E-state index is 0.0960. The van der Waals surface area contributed by atoms with Gasteiger partial charge in [0.2, 0.25) is 0 Å². The fraction of sp³-hybridized carbons (Fsp3) is 0.538. The smallest absolute Gasteiger partial charge is 0.148 e. The molecule has 1 aliphatic carbocycles. The second-order valence-corrected chi connectivity index (χ2v) is 7.48. The Labute approximate surface area is 121 Å². The average molecular weight is 294 g/mol. The van der Waals surface area contributed by atoms with Gasteiger partial charge in [-0.25, -0.2) is 4.98 Å². The number of anilines is 2. The molecule has 19 heavy (non-hydrogen) atoms. The van der Waals surface area contributed by atoms with E-state index in [1.807, 2.05) is 12.3 Å². The highest BCUT2D eigenvalue weighted by Crippen LogP contribution is 2.44. The van der Waals surface area contributed by atoms with Crippen LogP contribution < -0.4 is 11.1 Å². The van der Waals surface area contributed by atoms with E-state index >= 15 is 0 Å². The van der Waals surface area contributed by atoms with Gasteiger partial charge in [-0.1, -0.05) is 0 Å². The first-order valence-electron chi connectivity index (χ1n) is 6.43. The zero-order valence-electron chi connectivity index (χ0n) is 11.4. The number of rotatable bonds is 4. The molecule has 2 aromatic rings. The molecule has 0 spiro atoms. The summed E-state index contributed by atoms with van der Waals surface area (Å²) in [5.74, 6) is 1.32. The normalized spacial score (nSPS) is 15.7. The number of nitrogens with one attached hydrogen (secondary N) is 1. The Morgan fingerprint density at radius 1 is 1.42 bits per heavy atom. The molecule has 4 nitrogen and oxygen atoms in total. The van der Waals surface area contributed by atoms with Gasteiger partial charge in [0.25, 0.3) is 0 Å². The zero-order valence-corrected chi connectivity index (χ0v) is 13.0. The predicted octanol–water partition coefficient (Wildman–Crippen LogP) is 3.76. The van der Waals surface area contributed by atoms with E-state index < -0.39 is 0 Å². The van der Waals surface area contributed by atoms with Gasteiger partial charge in [-0.2, -0.15) is 4.37 Å². The van der Waals surface area contributed by atoms with E-state index in [0.717, 1.165) is 27.2 Å². The number of hydrogen-bond donors (Lipinski definition) is 2. The van der Waals surface area contributed by atoms with Crippen molar-refractivity contribution < 1.29 is 0 Å². The molecule has 0 radical (unpaired) electrons. The fourth-order valence-electron chi connectivity index (χ4n) is 2.31. The highest BCUT2D eigenvalue weighted by atomic mass is 32.1. The minimum Gasteiger partial charge on any atom is -0.382 e. The molecular formula is C13H18N4S2. The van der Waals surface area contributed by atoms with Gasteiger partial charge in [0.15, 0.2) is 0 Å². The average Bonchev–Trinajstić information content (AvgIpc) is 3.04. The van der Waals surface area contributed by atoms with Gasteiger partial charge in [0.05, 0.1) is 16.3 Å². The van der Waals surface area contributed by atoms with Gasteiger partial charge in [-0.15, -0.1) is 11.3 Å². The maximum atomic E-state index is 6.02. The van der Waals surface area contributed by atoms with Crippen molar-refractivity contribution in [2.75, 3.05) is 11.1 Å². The number of nitrogen functional groups attached to an aromatic ring is 1. The van der Waals surface area contributed by atoms with E-state index in [9.17, 15) is 0 Å². The Balaban J connectivity index is 1.94. The third-order valence-electron chi connectivity index (χ3n) is 3.63. The summed E-state index contributed by atoms with van der Waals surface area (Å²) in [4.78, 5) is 4.53. The molecule has 2 aromatic heterocycles. The Hall–Kier alpha value is -1.14. The second-order valence-electron chi connectivity index (χ2n) is 5.64. The summed E-state index contributed by atoms with van der Waals surface area (Å²) < 4.78 is 4.29. The summed E-state index contributed by atoms with van der Waals surface area (Å²) in [5, 5.41) is 7.75. The van der Waals surface area contributed by atoms with Crippen LogP contribution in [0.5, 0.6) is 0 Å². The molecular weight excluding hydrogens is 276 g/mol. The van der Waals surface area contributed by atoms with E-state index in [0.29, 0.717) is 5.82 Å². The number of nitrogens with zero attached hydrogens (tertiary/aromatic N) is 2. The molecule has 0 bridgehead atoms. The first kappa shape index (κ1) is 12.9. The predicted molar refractivity (Wildman–Crippen MR) is 82.8 cm³/mol. The lowest BCUT2D eigenvalue weighted by molar-refractivity contribution is 0.496. The standard InChI is InChI=1S/C13H18N4S2/c1-7-15-9(6-18-7)10-11(14)17-19-12(10)16-13(2,3)8-4-5-8/h6,8,16H,4-5H2,1-3H3,(H2,14,17). The summed E-state index contributed by atoms with van der Waals surface area (Å²) in [6.45, 7) is 6.50. The van der Waals surface area contributed by atoms with Crippen molar-refractivity contribution in [3.05, 3.63) is 10.4 Å². The van der Waals surface area contributed by atoms with Crippen LogP contribution in [0.15, 0.2) is 5.38 Å². The molecule has 3 N–H and O–H groups in total. The first-order chi connectivity index (χ1) is 8.97. The minimum absolute atomic E-state index is 0.0960. The van der Waals surface area contributed by atoms with E-state index in [1.54, 1.807) is 11.3 Å². The van der Waals surface area contributed by atoms with E-state index in [4.69, 9.17) is 5.73 Å². The van der Waals surface area contributed by atoms with E-state index in [-0.39, 0.29) is 5.54 Å². The lowest BCUT2D eigenvalue weighted by Gasteiger charge is -2.26. The van der Waals surface area contributed by atoms with E-state index in [1.165, 1.54) is 24.4 Å². The van der Waals surface area contributed by atoms with Crippen LogP contribution in [0, 0.1) is 12.8 Å². The van der Waals surface area contributed by atoms with Crippen LogP contribution in [0.3, 0.4) is 0 Å². The number of hydrogen-bond acceptors (Lipinski definition) is 6. The third kappa shape index (κ3) is 2.47. The van der Waals surface area contributed by atoms with Crippen LogP contribution in [0.2, 0.25) is 0 Å². The molecule has 2 heterocycles. The van der Waals surface area contributed by atoms with Gasteiger partial charge in [-0.05, 0) is 51.1 Å². The maximum Gasteiger partial charge on any atom is 0.148 e. The number of aromatic nitrogens is 2. The Kier molecular flexibility index (Phi) is 3.02. The molecule has 3 rings (SSSR count). The van der Waals surface area contributed by atoms with Gasteiger partial charge in [-0.3, -0.25) is 0 Å². The number of nitrogens with two attached hydrogens (primary N) is 1. The SMILES string of the molecule is Cc1nc(-c2c(N)nsc2NC(C)(C)C2CC2)cs1. The fourth-order valence-corrected chi connectivity index (χ4v) is 3.81. The zero-order chi connectivity index (χ0) is 13.6. The number of aryl methyl sites for hydroxylation is 1. The van der Waals surface area contributed by atoms with Crippen molar-refractivity contribution in [3.8, 4) is 11.3 Å². The van der Waals surface area contributed by atoms with Gasteiger partial charge >= 0.3 is 0 Å². The van der Waals surface area contributed by atoms with Crippen molar-refractivity contribution in [1.29, 1.82) is 0 Å². The van der Waals surface area contributed by atoms with Crippen LogP contribution in [0.4, 0.5) is 10.8 Å². The van der Waals surface area contributed by atoms with Crippen LogP contribution in [-0.2, 0) is 0 Å². The molecule has 0 amide bonds. The Morgan fingerprint density at radius 2 is 2.16 bits per heavy atom. The quantitative estimate of drug-likeness (QED) is 0.901. The van der Waals surface area contributed by atoms with Crippen molar-refractivity contribution in [2.24, 2.45) is 5.92 Å². The largest absolute Gasteiger partial charge is 0.382 e. The molecule has 0 saturated heterocycles. The molecule has 0 unspecified atom stereocenters. The van der Waals surface area contributed by atoms with Crippen molar-refractivity contribution in [3.63, 3.8) is 0 Å². The van der Waals surface area contributed by atoms with Crippen molar-refractivity contribution >= 4 is 33.7 Å². The summed E-state index contributed by atoms with van der Waals surface area (Å²) in [6, 6.07) is 0. The first-order valence-corrected chi connectivity index (χ1v) is 8.08. The monoisotopic (exact) mass is 294 g/mol. The van der Waals surface area contributed by atoms with Crippen LogP contribution in [0.1, 0.15) is 31.7 Å².